The number of nitrogens with one attached hydrogen (secondary N) is 2. The lowest BCUT2D eigenvalue weighted by atomic mass is 10.1. The van der Waals surface area contributed by atoms with Gasteiger partial charge < -0.3 is 15.4 Å². The molecular formula is C21H20N4O3. The van der Waals surface area contributed by atoms with Gasteiger partial charge in [0.05, 0.1) is 12.7 Å². The smallest absolute Gasteiger partial charge is 0.337 e. The minimum absolute atomic E-state index is 0.200. The molecule has 0 aliphatic heterocycles. The maximum Gasteiger partial charge on any atom is 0.337 e. The number of anilines is 2. The minimum Gasteiger partial charge on any atom is -0.465 e. The van der Waals surface area contributed by atoms with Gasteiger partial charge in [-0.1, -0.05) is 30.3 Å². The zero-order valence-corrected chi connectivity index (χ0v) is 15.4. The van der Waals surface area contributed by atoms with Crippen molar-refractivity contribution in [2.75, 3.05) is 24.3 Å². The fourth-order valence-corrected chi connectivity index (χ4v) is 2.53. The number of ether oxygens (including phenoxy) is 1. The summed E-state index contributed by atoms with van der Waals surface area (Å²) < 4.78 is 4.64. The Kier molecular flexibility index (Phi) is 6.30. The van der Waals surface area contributed by atoms with Crippen LogP contribution in [0.1, 0.15) is 26.4 Å². The third-order valence-corrected chi connectivity index (χ3v) is 4.02. The van der Waals surface area contributed by atoms with E-state index in [9.17, 15) is 9.59 Å². The van der Waals surface area contributed by atoms with Crippen LogP contribution in [0.3, 0.4) is 0 Å². The Morgan fingerprint density at radius 3 is 2.32 bits per heavy atom. The van der Waals surface area contributed by atoms with Crippen molar-refractivity contribution >= 4 is 23.4 Å². The number of carbonyl (C=O) groups excluding carboxylic acids is 2. The molecule has 2 aromatic carbocycles. The highest BCUT2D eigenvalue weighted by Crippen LogP contribution is 2.12. The topological polar surface area (TPSA) is 93.2 Å². The van der Waals surface area contributed by atoms with Gasteiger partial charge in [-0.25, -0.2) is 4.79 Å². The highest BCUT2D eigenvalue weighted by atomic mass is 16.5. The van der Waals surface area contributed by atoms with Crippen LogP contribution in [0.5, 0.6) is 0 Å². The maximum atomic E-state index is 12.3. The largest absolute Gasteiger partial charge is 0.465 e. The zero-order valence-electron chi connectivity index (χ0n) is 15.4. The Bertz CT molecular complexity index is 926. The summed E-state index contributed by atoms with van der Waals surface area (Å²) in [6, 6.07) is 19.9. The fraction of sp³-hybridized carbons (Fsp3) is 0.143. The van der Waals surface area contributed by atoms with E-state index in [-0.39, 0.29) is 11.6 Å². The number of carbonyl (C=O) groups is 2. The van der Waals surface area contributed by atoms with Crippen LogP contribution in [0.2, 0.25) is 0 Å². The van der Waals surface area contributed by atoms with Gasteiger partial charge in [0.25, 0.3) is 5.91 Å². The molecule has 0 radical (unpaired) electrons. The van der Waals surface area contributed by atoms with Crippen LogP contribution >= 0.6 is 0 Å². The van der Waals surface area contributed by atoms with Crippen molar-refractivity contribution in [2.24, 2.45) is 0 Å². The Morgan fingerprint density at radius 1 is 0.929 bits per heavy atom. The second kappa shape index (κ2) is 9.27. The molecular weight excluding hydrogens is 356 g/mol. The molecule has 0 atom stereocenters. The van der Waals surface area contributed by atoms with Crippen LogP contribution in [0.15, 0.2) is 66.7 Å². The summed E-state index contributed by atoms with van der Waals surface area (Å²) in [6.07, 6.45) is 0.867. The molecule has 0 saturated carbocycles. The lowest BCUT2D eigenvalue weighted by molar-refractivity contribution is 0.0600. The highest BCUT2D eigenvalue weighted by molar-refractivity contribution is 6.03. The number of hydrogen-bond acceptors (Lipinski definition) is 6. The lowest BCUT2D eigenvalue weighted by Crippen LogP contribution is -2.15. The first-order valence-electron chi connectivity index (χ1n) is 8.77. The zero-order chi connectivity index (χ0) is 19.8. The second-order valence-corrected chi connectivity index (χ2v) is 5.99. The van der Waals surface area contributed by atoms with Crippen molar-refractivity contribution in [3.8, 4) is 0 Å². The van der Waals surface area contributed by atoms with E-state index in [0.717, 1.165) is 13.0 Å². The van der Waals surface area contributed by atoms with Crippen LogP contribution in [-0.4, -0.2) is 35.7 Å². The van der Waals surface area contributed by atoms with Crippen LogP contribution in [0, 0.1) is 0 Å². The first-order chi connectivity index (χ1) is 13.7. The van der Waals surface area contributed by atoms with E-state index in [1.807, 2.05) is 18.2 Å². The third-order valence-electron chi connectivity index (χ3n) is 4.02. The maximum absolute atomic E-state index is 12.3. The van der Waals surface area contributed by atoms with Gasteiger partial charge in [-0.3, -0.25) is 4.79 Å². The summed E-state index contributed by atoms with van der Waals surface area (Å²) in [6.45, 7) is 0.719. The van der Waals surface area contributed by atoms with Crippen LogP contribution < -0.4 is 10.6 Å². The fourth-order valence-electron chi connectivity index (χ4n) is 2.53. The molecule has 28 heavy (non-hydrogen) atoms. The second-order valence-electron chi connectivity index (χ2n) is 5.99. The Hall–Kier alpha value is -3.74. The lowest BCUT2D eigenvalue weighted by Gasteiger charge is -2.07. The monoisotopic (exact) mass is 376 g/mol. The summed E-state index contributed by atoms with van der Waals surface area (Å²) in [5, 5.41) is 13.9. The van der Waals surface area contributed by atoms with Gasteiger partial charge in [0.15, 0.2) is 5.69 Å². The number of amides is 1. The van der Waals surface area contributed by atoms with E-state index >= 15 is 0 Å². The van der Waals surface area contributed by atoms with Crippen molar-refractivity contribution in [1.29, 1.82) is 0 Å². The van der Waals surface area contributed by atoms with Crippen LogP contribution in [-0.2, 0) is 11.2 Å². The van der Waals surface area contributed by atoms with Crippen molar-refractivity contribution < 1.29 is 14.3 Å². The van der Waals surface area contributed by atoms with E-state index in [2.05, 4.69) is 37.7 Å². The number of methoxy groups -OCH3 is 1. The van der Waals surface area contributed by atoms with Gasteiger partial charge >= 0.3 is 5.97 Å². The molecule has 0 aliphatic carbocycles. The van der Waals surface area contributed by atoms with Gasteiger partial charge in [0.1, 0.15) is 5.82 Å². The molecule has 1 aromatic heterocycles. The molecule has 1 heterocycles. The van der Waals surface area contributed by atoms with Crippen molar-refractivity contribution in [1.82, 2.24) is 10.2 Å². The molecule has 142 valence electrons. The minimum atomic E-state index is -0.431. The Morgan fingerprint density at radius 2 is 1.68 bits per heavy atom. The molecule has 2 N–H and O–H groups in total. The van der Waals surface area contributed by atoms with E-state index in [1.54, 1.807) is 36.4 Å². The molecule has 7 nitrogen and oxygen atoms in total. The van der Waals surface area contributed by atoms with Gasteiger partial charge in [-0.05, 0) is 48.4 Å². The van der Waals surface area contributed by atoms with E-state index < -0.39 is 5.97 Å². The Balaban J connectivity index is 1.52. The van der Waals surface area contributed by atoms with Crippen molar-refractivity contribution in [2.45, 2.75) is 6.42 Å². The van der Waals surface area contributed by atoms with Gasteiger partial charge in [-0.15, -0.1) is 10.2 Å². The standard InChI is InChI=1S/C21H20N4O3/c1-28-21(27)16-7-9-17(10-8-16)23-20(26)18-11-12-19(25-24-18)22-14-13-15-5-3-2-4-6-15/h2-12H,13-14H2,1H3,(H,22,25)(H,23,26). The van der Waals surface area contributed by atoms with E-state index in [1.165, 1.54) is 12.7 Å². The Labute approximate surface area is 162 Å². The normalized spacial score (nSPS) is 10.2. The summed E-state index contributed by atoms with van der Waals surface area (Å²) in [5.41, 5.74) is 2.39. The molecule has 3 rings (SSSR count). The van der Waals surface area contributed by atoms with E-state index in [4.69, 9.17) is 0 Å². The molecule has 0 spiro atoms. The average Bonchev–Trinajstić information content (AvgIpc) is 2.75. The number of benzene rings is 2. The number of nitrogens with zero attached hydrogens (tertiary/aromatic N) is 2. The molecule has 0 aliphatic rings. The van der Waals surface area contributed by atoms with Gasteiger partial charge in [0.2, 0.25) is 0 Å². The predicted octanol–water partition coefficient (Wildman–Crippen LogP) is 3.17. The van der Waals surface area contributed by atoms with Crippen molar-refractivity contribution in [3.63, 3.8) is 0 Å². The molecule has 0 fully saturated rings. The van der Waals surface area contributed by atoms with Crippen LogP contribution in [0.4, 0.5) is 11.5 Å². The average molecular weight is 376 g/mol. The molecule has 1 amide bonds. The van der Waals surface area contributed by atoms with Crippen LogP contribution in [0.25, 0.3) is 0 Å². The summed E-state index contributed by atoms with van der Waals surface area (Å²) in [4.78, 5) is 23.7. The van der Waals surface area contributed by atoms with E-state index in [0.29, 0.717) is 17.1 Å². The summed E-state index contributed by atoms with van der Waals surface area (Å²) in [7, 11) is 1.32. The molecule has 7 heteroatoms. The molecule has 0 bridgehead atoms. The highest BCUT2D eigenvalue weighted by Gasteiger charge is 2.10. The first kappa shape index (κ1) is 19.0. The first-order valence-corrected chi connectivity index (χ1v) is 8.77. The van der Waals surface area contributed by atoms with Gasteiger partial charge in [-0.2, -0.15) is 0 Å². The van der Waals surface area contributed by atoms with Gasteiger partial charge in [0, 0.05) is 12.2 Å². The SMILES string of the molecule is COC(=O)c1ccc(NC(=O)c2ccc(NCCc3ccccc3)nn2)cc1. The number of esters is 1. The summed E-state index contributed by atoms with van der Waals surface area (Å²) >= 11 is 0. The number of rotatable bonds is 7. The molecule has 3 aromatic rings. The number of hydrogen-bond donors (Lipinski definition) is 2. The quantitative estimate of drug-likeness (QED) is 0.615. The summed E-state index contributed by atoms with van der Waals surface area (Å²) in [5.74, 6) is -0.205. The predicted molar refractivity (Wildman–Crippen MR) is 106 cm³/mol. The number of aromatic nitrogens is 2. The van der Waals surface area contributed by atoms with Crippen molar-refractivity contribution in [3.05, 3.63) is 83.6 Å². The molecule has 0 saturated heterocycles. The third kappa shape index (κ3) is 5.14. The molecule has 0 unspecified atom stereocenters.